The summed E-state index contributed by atoms with van der Waals surface area (Å²) in [5.74, 6) is 0.779. The Morgan fingerprint density at radius 2 is 1.22 bits per heavy atom. The summed E-state index contributed by atoms with van der Waals surface area (Å²) in [6.07, 6.45) is 0. The zero-order chi connectivity index (χ0) is 33.1. The zero-order valence-corrected chi connectivity index (χ0v) is 29.1. The molecule has 0 saturated carbocycles. The van der Waals surface area contributed by atoms with Gasteiger partial charge in [-0.25, -0.2) is 9.97 Å². The molecule has 4 heteroatoms. The molecule has 6 aromatic carbocycles. The lowest BCUT2D eigenvalue weighted by Crippen LogP contribution is -2.50. The first-order chi connectivity index (χ1) is 23.8. The van der Waals surface area contributed by atoms with E-state index in [9.17, 15) is 0 Å². The Kier molecular flexibility index (Phi) is 5.79. The lowest BCUT2D eigenvalue weighted by molar-refractivity contribution is 0.661. The van der Waals surface area contributed by atoms with Crippen molar-refractivity contribution in [2.45, 2.75) is 32.4 Å². The molecule has 1 aliphatic heterocycles. The Morgan fingerprint density at radius 1 is 0.551 bits per heavy atom. The Morgan fingerprint density at radius 3 is 2.06 bits per heavy atom. The normalized spacial score (nSPS) is 14.9. The highest BCUT2D eigenvalue weighted by atomic mass is 28.3. The Balaban J connectivity index is 1.27. The average Bonchev–Trinajstić information content (AvgIpc) is 3.67. The number of fused-ring (bicyclic) bond motifs is 9. The first kappa shape index (κ1) is 28.4. The van der Waals surface area contributed by atoms with Crippen molar-refractivity contribution in [1.82, 2.24) is 14.5 Å². The van der Waals surface area contributed by atoms with Gasteiger partial charge in [-0.05, 0) is 63.3 Å². The van der Waals surface area contributed by atoms with Crippen LogP contribution in [0.5, 0.6) is 0 Å². The molecule has 0 bridgehead atoms. The molecule has 0 amide bonds. The summed E-state index contributed by atoms with van der Waals surface area (Å²) in [5.41, 5.74) is 14.5. The molecule has 8 aromatic rings. The summed E-state index contributed by atoms with van der Waals surface area (Å²) in [6, 6.07) is 50.9. The third-order valence-electron chi connectivity index (χ3n) is 11.2. The van der Waals surface area contributed by atoms with Crippen LogP contribution in [-0.4, -0.2) is 22.6 Å². The summed E-state index contributed by atoms with van der Waals surface area (Å²) < 4.78 is 2.45. The predicted molar refractivity (Wildman–Crippen MR) is 207 cm³/mol. The van der Waals surface area contributed by atoms with E-state index in [0.29, 0.717) is 0 Å². The van der Waals surface area contributed by atoms with Crippen molar-refractivity contribution < 1.29 is 0 Å². The highest BCUT2D eigenvalue weighted by Gasteiger charge is 2.42. The molecule has 2 aliphatic rings. The van der Waals surface area contributed by atoms with E-state index in [4.69, 9.17) is 9.97 Å². The standard InChI is InChI=1S/C45H35N3Si/c1-45(2)35-22-12-8-18-29(35)33-26-34-30-19-9-13-23-37(30)48(39(34)27-36(33)45)38-24-14-10-20-31(38)43-46-42(28-16-6-5-7-17-28)41-32-21-11-15-25-40(32)49(3,4)44(41)47-43/h5-27H,1-4H3. The van der Waals surface area contributed by atoms with E-state index in [-0.39, 0.29) is 5.41 Å². The molecule has 49 heavy (non-hydrogen) atoms. The van der Waals surface area contributed by atoms with Gasteiger partial charge in [-0.2, -0.15) is 0 Å². The van der Waals surface area contributed by atoms with Gasteiger partial charge >= 0.3 is 0 Å². The quantitative estimate of drug-likeness (QED) is 0.179. The van der Waals surface area contributed by atoms with Crippen LogP contribution in [-0.2, 0) is 5.41 Å². The lowest BCUT2D eigenvalue weighted by atomic mass is 9.82. The monoisotopic (exact) mass is 645 g/mol. The second-order valence-electron chi connectivity index (χ2n) is 14.6. The van der Waals surface area contributed by atoms with E-state index < -0.39 is 8.07 Å². The molecule has 0 atom stereocenters. The maximum atomic E-state index is 5.55. The van der Waals surface area contributed by atoms with Crippen molar-refractivity contribution in [1.29, 1.82) is 0 Å². The van der Waals surface area contributed by atoms with Gasteiger partial charge in [0.1, 0.15) is 8.07 Å². The molecule has 3 heterocycles. The van der Waals surface area contributed by atoms with E-state index >= 15 is 0 Å². The van der Waals surface area contributed by atoms with Crippen LogP contribution < -0.4 is 10.5 Å². The second kappa shape index (κ2) is 9.97. The van der Waals surface area contributed by atoms with Crippen LogP contribution in [0.25, 0.3) is 72.4 Å². The zero-order valence-electron chi connectivity index (χ0n) is 28.1. The van der Waals surface area contributed by atoms with Gasteiger partial charge in [0.2, 0.25) is 0 Å². The lowest BCUT2D eigenvalue weighted by Gasteiger charge is -2.22. The van der Waals surface area contributed by atoms with Crippen LogP contribution in [0, 0.1) is 0 Å². The van der Waals surface area contributed by atoms with Gasteiger partial charge in [0.05, 0.1) is 22.4 Å². The van der Waals surface area contributed by atoms with Crippen LogP contribution in [0.2, 0.25) is 13.1 Å². The smallest absolute Gasteiger partial charge is 0.161 e. The number of nitrogens with zero attached hydrogens (tertiary/aromatic N) is 3. The Hall–Kier alpha value is -5.58. The summed E-state index contributed by atoms with van der Waals surface area (Å²) in [4.78, 5) is 11.0. The summed E-state index contributed by atoms with van der Waals surface area (Å²) >= 11 is 0. The molecular weight excluding hydrogens is 611 g/mol. The van der Waals surface area contributed by atoms with Crippen LogP contribution in [0.4, 0.5) is 0 Å². The summed E-state index contributed by atoms with van der Waals surface area (Å²) in [7, 11) is -2.10. The molecule has 2 aromatic heterocycles. The minimum absolute atomic E-state index is 0.0974. The number of rotatable bonds is 3. The van der Waals surface area contributed by atoms with Gasteiger partial charge in [0.25, 0.3) is 0 Å². The van der Waals surface area contributed by atoms with Crippen LogP contribution in [0.1, 0.15) is 25.0 Å². The van der Waals surface area contributed by atoms with E-state index in [0.717, 1.165) is 28.3 Å². The van der Waals surface area contributed by atoms with E-state index in [2.05, 4.69) is 171 Å². The molecular formula is C45H35N3Si. The Bertz CT molecular complexity index is 2660. The fraction of sp³-hybridized carbons (Fsp3) is 0.111. The fourth-order valence-electron chi connectivity index (χ4n) is 8.75. The molecule has 0 N–H and O–H groups in total. The van der Waals surface area contributed by atoms with Crippen molar-refractivity contribution in [3.63, 3.8) is 0 Å². The fourth-order valence-corrected chi connectivity index (χ4v) is 11.7. The second-order valence-corrected chi connectivity index (χ2v) is 18.9. The number of hydrogen-bond acceptors (Lipinski definition) is 2. The summed E-state index contributed by atoms with van der Waals surface area (Å²) in [6.45, 7) is 9.58. The number of aromatic nitrogens is 3. The molecule has 234 valence electrons. The van der Waals surface area contributed by atoms with Crippen LogP contribution in [0.15, 0.2) is 140 Å². The maximum Gasteiger partial charge on any atom is 0.161 e. The third-order valence-corrected chi connectivity index (χ3v) is 14.5. The number of hydrogen-bond donors (Lipinski definition) is 0. The molecule has 10 rings (SSSR count). The van der Waals surface area contributed by atoms with Crippen LogP contribution >= 0.6 is 0 Å². The predicted octanol–water partition coefficient (Wildman–Crippen LogP) is 10.0. The number of benzene rings is 6. The van der Waals surface area contributed by atoms with Gasteiger partial charge in [-0.1, -0.05) is 136 Å². The van der Waals surface area contributed by atoms with E-state index in [1.165, 1.54) is 65.7 Å². The summed E-state index contributed by atoms with van der Waals surface area (Å²) in [5, 5.41) is 5.16. The average molecular weight is 646 g/mol. The molecule has 0 unspecified atom stereocenters. The van der Waals surface area contributed by atoms with Gasteiger partial charge in [-0.15, -0.1) is 0 Å². The minimum atomic E-state index is -2.10. The van der Waals surface area contributed by atoms with Crippen molar-refractivity contribution in [2.24, 2.45) is 0 Å². The van der Waals surface area contributed by atoms with Gasteiger partial charge < -0.3 is 4.57 Å². The van der Waals surface area contributed by atoms with Gasteiger partial charge in [0, 0.05) is 38.2 Å². The Labute approximate surface area is 287 Å². The van der Waals surface area contributed by atoms with Crippen molar-refractivity contribution >= 4 is 40.4 Å². The molecule has 0 radical (unpaired) electrons. The van der Waals surface area contributed by atoms with Crippen molar-refractivity contribution in [3.8, 4) is 50.6 Å². The molecule has 1 aliphatic carbocycles. The first-order valence-electron chi connectivity index (χ1n) is 17.2. The van der Waals surface area contributed by atoms with Crippen molar-refractivity contribution in [2.75, 3.05) is 0 Å². The third kappa shape index (κ3) is 3.83. The topological polar surface area (TPSA) is 30.7 Å². The molecule has 3 nitrogen and oxygen atoms in total. The SMILES string of the molecule is CC1(C)c2ccccc2-c2cc3c4ccccc4n(-c4ccccc4-c4nc(-c5ccccc5)c5c(n4)[Si](C)(C)c4ccccc4-5)c3cc21. The van der Waals surface area contributed by atoms with E-state index in [1.807, 2.05) is 0 Å². The molecule has 0 spiro atoms. The molecule has 0 saturated heterocycles. The maximum absolute atomic E-state index is 5.55. The van der Waals surface area contributed by atoms with Gasteiger partial charge in [-0.3, -0.25) is 0 Å². The van der Waals surface area contributed by atoms with Crippen molar-refractivity contribution in [3.05, 3.63) is 151 Å². The highest BCUT2D eigenvalue weighted by molar-refractivity contribution is 7.03. The minimum Gasteiger partial charge on any atom is -0.308 e. The van der Waals surface area contributed by atoms with Crippen LogP contribution in [0.3, 0.4) is 0 Å². The number of para-hydroxylation sites is 2. The van der Waals surface area contributed by atoms with Gasteiger partial charge in [0.15, 0.2) is 5.82 Å². The first-order valence-corrected chi connectivity index (χ1v) is 20.2. The van der Waals surface area contributed by atoms with E-state index in [1.54, 1.807) is 0 Å². The largest absolute Gasteiger partial charge is 0.308 e. The molecule has 0 fully saturated rings. The highest BCUT2D eigenvalue weighted by Crippen LogP contribution is 2.51.